The van der Waals surface area contributed by atoms with Gasteiger partial charge in [-0.15, -0.1) is 0 Å². The van der Waals surface area contributed by atoms with Crippen LogP contribution in [0.4, 0.5) is 5.69 Å². The molecule has 0 N–H and O–H groups in total. The number of hydrogen-bond donors (Lipinski definition) is 0. The summed E-state index contributed by atoms with van der Waals surface area (Å²) >= 11 is 0. The number of amides is 1. The van der Waals surface area contributed by atoms with Crippen molar-refractivity contribution in [3.05, 3.63) is 65.1 Å². The summed E-state index contributed by atoms with van der Waals surface area (Å²) < 4.78 is 1.89. The molecule has 3 aromatic rings. The lowest BCUT2D eigenvalue weighted by molar-refractivity contribution is 0.0982. The van der Waals surface area contributed by atoms with Crippen LogP contribution in [0.5, 0.6) is 0 Å². The molecule has 1 aromatic carbocycles. The molecule has 0 aliphatic rings. The Bertz CT molecular complexity index is 879. The van der Waals surface area contributed by atoms with Crippen LogP contribution in [0.1, 0.15) is 34.2 Å². The standard InChI is InChI=1S/C19H21N3O/c1-5-21(16-8-6-7-13(2)11-16)19(23)18-15(4)20-17-10-9-14(3)12-22(17)18/h6-12H,5H2,1-4H3. The maximum atomic E-state index is 13.2. The Morgan fingerprint density at radius 1 is 1.13 bits per heavy atom. The molecule has 23 heavy (non-hydrogen) atoms. The molecule has 0 radical (unpaired) electrons. The predicted molar refractivity (Wildman–Crippen MR) is 93.2 cm³/mol. The fraction of sp³-hybridized carbons (Fsp3) is 0.263. The SMILES string of the molecule is CCN(C(=O)c1c(C)nc2ccc(C)cn12)c1cccc(C)c1. The molecule has 0 saturated carbocycles. The Morgan fingerprint density at radius 3 is 2.61 bits per heavy atom. The summed E-state index contributed by atoms with van der Waals surface area (Å²) in [6.07, 6.45) is 1.96. The van der Waals surface area contributed by atoms with Crippen LogP contribution in [0.15, 0.2) is 42.6 Å². The van der Waals surface area contributed by atoms with E-state index in [0.29, 0.717) is 12.2 Å². The van der Waals surface area contributed by atoms with Gasteiger partial charge < -0.3 is 4.90 Å². The highest BCUT2D eigenvalue weighted by Crippen LogP contribution is 2.21. The predicted octanol–water partition coefficient (Wildman–Crippen LogP) is 3.93. The van der Waals surface area contributed by atoms with Crippen molar-refractivity contribution in [2.24, 2.45) is 0 Å². The average molecular weight is 307 g/mol. The highest BCUT2D eigenvalue weighted by molar-refractivity contribution is 6.06. The molecule has 0 atom stereocenters. The Labute approximate surface area is 136 Å². The van der Waals surface area contributed by atoms with Crippen molar-refractivity contribution in [2.75, 3.05) is 11.4 Å². The summed E-state index contributed by atoms with van der Waals surface area (Å²) in [6.45, 7) is 8.54. The van der Waals surface area contributed by atoms with Gasteiger partial charge in [0.05, 0.1) is 5.69 Å². The molecule has 118 valence electrons. The second-order valence-corrected chi connectivity index (χ2v) is 5.87. The van der Waals surface area contributed by atoms with Crippen LogP contribution in [-0.4, -0.2) is 21.8 Å². The third-order valence-corrected chi connectivity index (χ3v) is 4.02. The highest BCUT2D eigenvalue weighted by atomic mass is 16.2. The van der Waals surface area contributed by atoms with Gasteiger partial charge in [-0.1, -0.05) is 18.2 Å². The summed E-state index contributed by atoms with van der Waals surface area (Å²) in [5.41, 5.74) is 5.34. The van der Waals surface area contributed by atoms with E-state index in [1.54, 1.807) is 4.90 Å². The first kappa shape index (κ1) is 15.3. The van der Waals surface area contributed by atoms with Gasteiger partial charge in [0.2, 0.25) is 0 Å². The summed E-state index contributed by atoms with van der Waals surface area (Å²) in [5.74, 6) is -0.0197. The summed E-state index contributed by atoms with van der Waals surface area (Å²) in [4.78, 5) is 19.5. The second kappa shape index (κ2) is 5.88. The van der Waals surface area contributed by atoms with Gasteiger partial charge in [0.15, 0.2) is 0 Å². The first-order valence-electron chi connectivity index (χ1n) is 7.85. The Balaban J connectivity index is 2.11. The third kappa shape index (κ3) is 2.72. The molecular formula is C19H21N3O. The number of aryl methyl sites for hydroxylation is 3. The number of carbonyl (C=O) groups is 1. The van der Waals surface area contributed by atoms with Gasteiger partial charge in [0, 0.05) is 18.4 Å². The van der Waals surface area contributed by atoms with Crippen LogP contribution >= 0.6 is 0 Å². The van der Waals surface area contributed by atoms with Gasteiger partial charge in [-0.05, 0) is 57.0 Å². The lowest BCUT2D eigenvalue weighted by Crippen LogP contribution is -2.32. The molecule has 0 spiro atoms. The van der Waals surface area contributed by atoms with Gasteiger partial charge in [0.1, 0.15) is 11.3 Å². The fourth-order valence-electron chi connectivity index (χ4n) is 2.89. The van der Waals surface area contributed by atoms with E-state index < -0.39 is 0 Å². The normalized spacial score (nSPS) is 11.0. The van der Waals surface area contributed by atoms with Crippen LogP contribution < -0.4 is 4.90 Å². The van der Waals surface area contributed by atoms with Crippen molar-refractivity contribution in [3.8, 4) is 0 Å². The Morgan fingerprint density at radius 2 is 1.91 bits per heavy atom. The number of nitrogens with zero attached hydrogens (tertiary/aromatic N) is 3. The largest absolute Gasteiger partial charge is 0.307 e. The molecule has 4 heteroatoms. The molecule has 2 heterocycles. The summed E-state index contributed by atoms with van der Waals surface area (Å²) in [6, 6.07) is 12.0. The van der Waals surface area contributed by atoms with Gasteiger partial charge in [-0.2, -0.15) is 0 Å². The molecule has 0 fully saturated rings. The van der Waals surface area contributed by atoms with Crippen molar-refractivity contribution in [2.45, 2.75) is 27.7 Å². The van der Waals surface area contributed by atoms with E-state index in [-0.39, 0.29) is 5.91 Å². The monoisotopic (exact) mass is 307 g/mol. The number of pyridine rings is 1. The van der Waals surface area contributed by atoms with Gasteiger partial charge in [-0.3, -0.25) is 9.20 Å². The van der Waals surface area contributed by atoms with Gasteiger partial charge >= 0.3 is 0 Å². The quantitative estimate of drug-likeness (QED) is 0.735. The maximum absolute atomic E-state index is 13.2. The number of hydrogen-bond acceptors (Lipinski definition) is 2. The van der Waals surface area contributed by atoms with Crippen LogP contribution in [0, 0.1) is 20.8 Å². The number of benzene rings is 1. The minimum absolute atomic E-state index is 0.0197. The van der Waals surface area contributed by atoms with E-state index in [0.717, 1.165) is 28.2 Å². The van der Waals surface area contributed by atoms with Crippen LogP contribution in [-0.2, 0) is 0 Å². The molecule has 0 aliphatic heterocycles. The van der Waals surface area contributed by atoms with Crippen LogP contribution in [0.3, 0.4) is 0 Å². The summed E-state index contributed by atoms with van der Waals surface area (Å²) in [7, 11) is 0. The highest BCUT2D eigenvalue weighted by Gasteiger charge is 2.22. The minimum atomic E-state index is -0.0197. The zero-order chi connectivity index (χ0) is 16.6. The molecule has 1 amide bonds. The van der Waals surface area contributed by atoms with Gasteiger partial charge in [-0.25, -0.2) is 4.98 Å². The fourth-order valence-corrected chi connectivity index (χ4v) is 2.89. The number of rotatable bonds is 3. The van der Waals surface area contributed by atoms with Crippen molar-refractivity contribution in [3.63, 3.8) is 0 Å². The van der Waals surface area contributed by atoms with E-state index in [1.165, 1.54) is 0 Å². The second-order valence-electron chi connectivity index (χ2n) is 5.87. The van der Waals surface area contributed by atoms with E-state index in [4.69, 9.17) is 0 Å². The number of anilines is 1. The molecule has 2 aromatic heterocycles. The molecule has 0 saturated heterocycles. The molecule has 0 bridgehead atoms. The zero-order valence-electron chi connectivity index (χ0n) is 14.0. The molecule has 0 aliphatic carbocycles. The smallest absolute Gasteiger partial charge is 0.277 e. The molecule has 3 rings (SSSR count). The van der Waals surface area contributed by atoms with Crippen LogP contribution in [0.2, 0.25) is 0 Å². The molecular weight excluding hydrogens is 286 g/mol. The van der Waals surface area contributed by atoms with Crippen molar-refractivity contribution < 1.29 is 4.79 Å². The van der Waals surface area contributed by atoms with E-state index in [9.17, 15) is 4.79 Å². The van der Waals surface area contributed by atoms with E-state index in [1.807, 2.05) is 74.7 Å². The number of fused-ring (bicyclic) bond motifs is 1. The first-order valence-corrected chi connectivity index (χ1v) is 7.85. The number of imidazole rings is 1. The lowest BCUT2D eigenvalue weighted by atomic mass is 10.2. The first-order chi connectivity index (χ1) is 11.0. The molecule has 4 nitrogen and oxygen atoms in total. The van der Waals surface area contributed by atoms with Crippen molar-refractivity contribution in [1.82, 2.24) is 9.38 Å². The minimum Gasteiger partial charge on any atom is -0.307 e. The average Bonchev–Trinajstić information content (AvgIpc) is 2.83. The van der Waals surface area contributed by atoms with E-state index in [2.05, 4.69) is 4.98 Å². The summed E-state index contributed by atoms with van der Waals surface area (Å²) in [5, 5.41) is 0. The Kier molecular flexibility index (Phi) is 3.90. The topological polar surface area (TPSA) is 37.6 Å². The Hall–Kier alpha value is -2.62. The zero-order valence-corrected chi connectivity index (χ0v) is 14.0. The lowest BCUT2D eigenvalue weighted by Gasteiger charge is -2.21. The maximum Gasteiger partial charge on any atom is 0.277 e. The number of aromatic nitrogens is 2. The molecule has 0 unspecified atom stereocenters. The van der Waals surface area contributed by atoms with Gasteiger partial charge in [0.25, 0.3) is 5.91 Å². The third-order valence-electron chi connectivity index (χ3n) is 4.02. The van der Waals surface area contributed by atoms with E-state index >= 15 is 0 Å². The number of carbonyl (C=O) groups excluding carboxylic acids is 1. The van der Waals surface area contributed by atoms with Crippen LogP contribution in [0.25, 0.3) is 5.65 Å². The van der Waals surface area contributed by atoms with Crippen molar-refractivity contribution >= 4 is 17.2 Å². The van der Waals surface area contributed by atoms with Crippen molar-refractivity contribution in [1.29, 1.82) is 0 Å².